The number of hydrogen-bond acceptors (Lipinski definition) is 10. The normalized spacial score (nSPS) is 17.3. The lowest BCUT2D eigenvalue weighted by Gasteiger charge is -2.30. The fourth-order valence-corrected chi connectivity index (χ4v) is 5.79. The SMILES string of the molecule is CC.CC.CC(=N/C=C\N)C(=O)NC(C(=O)NCC(=O)N1CCCC1C=O)C1CCCCC1.CC(C)C.CCCC.CCCC(C)CC(NC)C(=O)C=O.CNC1CC1. The predicted molar refractivity (Wildman–Crippen MR) is 247 cm³/mol. The number of hydrogen-bond donors (Lipinski definition) is 5. The van der Waals surface area contributed by atoms with Crippen molar-refractivity contribution in [2.45, 2.75) is 197 Å². The molecule has 2 aliphatic carbocycles. The number of likely N-dealkylation sites (N-methyl/N-ethyl adjacent to an activating group) is 1. The first-order valence-electron chi connectivity index (χ1n) is 22.8. The molecule has 0 aromatic heterocycles. The lowest BCUT2D eigenvalue weighted by molar-refractivity contribution is -0.136. The second-order valence-corrected chi connectivity index (χ2v) is 15.3. The van der Waals surface area contributed by atoms with Gasteiger partial charge in [0.2, 0.25) is 17.6 Å². The zero-order valence-electron chi connectivity index (χ0n) is 40.1. The molecule has 3 fully saturated rings. The summed E-state index contributed by atoms with van der Waals surface area (Å²) >= 11 is 0. The molecule has 3 aliphatic rings. The highest BCUT2D eigenvalue weighted by molar-refractivity contribution is 6.38. The van der Waals surface area contributed by atoms with Gasteiger partial charge in [-0.3, -0.25) is 29.0 Å². The molecule has 1 aliphatic heterocycles. The van der Waals surface area contributed by atoms with E-state index in [1.807, 2.05) is 34.7 Å². The molecular weight excluding hydrogens is 747 g/mol. The monoisotopic (exact) mass is 838 g/mol. The highest BCUT2D eigenvalue weighted by Crippen LogP contribution is 2.27. The molecule has 0 aromatic carbocycles. The van der Waals surface area contributed by atoms with Gasteiger partial charge in [0.15, 0.2) is 6.29 Å². The van der Waals surface area contributed by atoms with E-state index in [-0.39, 0.29) is 41.8 Å². The quantitative estimate of drug-likeness (QED) is 0.0568. The summed E-state index contributed by atoms with van der Waals surface area (Å²) in [4.78, 5) is 75.5. The molecule has 346 valence electrons. The summed E-state index contributed by atoms with van der Waals surface area (Å²) in [5.74, 6) is -0.122. The fourth-order valence-electron chi connectivity index (χ4n) is 5.79. The van der Waals surface area contributed by atoms with Crippen LogP contribution in [0.5, 0.6) is 0 Å². The number of likely N-dealkylation sites (tertiary alicyclic amines) is 1. The molecule has 0 radical (unpaired) electrons. The molecule has 4 unspecified atom stereocenters. The Morgan fingerprint density at radius 1 is 0.831 bits per heavy atom. The molecule has 1 heterocycles. The maximum absolute atomic E-state index is 12.8. The molecule has 1 saturated heterocycles. The van der Waals surface area contributed by atoms with Crippen molar-refractivity contribution >= 4 is 41.8 Å². The third-order valence-corrected chi connectivity index (χ3v) is 9.28. The molecule has 0 aromatic rings. The maximum atomic E-state index is 12.8. The second kappa shape index (κ2) is 42.7. The topological polar surface area (TPSA) is 192 Å². The van der Waals surface area contributed by atoms with E-state index in [1.165, 1.54) is 43.0 Å². The minimum absolute atomic E-state index is 0.00941. The summed E-state index contributed by atoms with van der Waals surface area (Å²) in [5.41, 5.74) is 5.44. The molecule has 0 spiro atoms. The van der Waals surface area contributed by atoms with Crippen molar-refractivity contribution in [3.8, 4) is 0 Å². The smallest absolute Gasteiger partial charge is 0.266 e. The van der Waals surface area contributed by atoms with Gasteiger partial charge in [-0.05, 0) is 83.7 Å². The van der Waals surface area contributed by atoms with Crippen molar-refractivity contribution in [2.75, 3.05) is 27.2 Å². The number of amides is 3. The van der Waals surface area contributed by atoms with Gasteiger partial charge in [0.1, 0.15) is 18.0 Å². The molecular formula is C46H91N7O6. The van der Waals surface area contributed by atoms with E-state index in [1.54, 1.807) is 14.0 Å². The number of carbonyl (C=O) groups excluding carboxylic acids is 6. The number of nitrogens with one attached hydrogen (secondary N) is 4. The molecule has 2 saturated carbocycles. The number of carbonyl (C=O) groups is 6. The Morgan fingerprint density at radius 3 is 1.80 bits per heavy atom. The first-order valence-corrected chi connectivity index (χ1v) is 22.8. The summed E-state index contributed by atoms with van der Waals surface area (Å²) in [5, 5.41) is 11.4. The van der Waals surface area contributed by atoms with Gasteiger partial charge in [-0.25, -0.2) is 0 Å². The Morgan fingerprint density at radius 2 is 1.39 bits per heavy atom. The van der Waals surface area contributed by atoms with E-state index in [0.29, 0.717) is 25.2 Å². The standard InChI is InChI=1S/C20H31N5O4.C10H19NO2.C4H9N.2C4H10.2C2H6/c1-14(22-10-9-21)19(28)24-18(15-6-3-2-4-7-15)20(29)23-12-17(27)25-11-5-8-16(25)13-26;1-4-5-8(2)6-9(11-3)10(13)7-12;1-5-4-2-3-4;1-4(2)3;1-3-4-2;2*1-2/h9-10,13,15-16,18H,2-8,11-12,21H2,1H3,(H,23,29)(H,24,28);7-9,11H,4-6H2,1-3H3;4-5H,2-3H2,1H3;4H,1-3H3;3-4H2,1-2H3;2*1-2H3/b10-9-,22-14?;;;;;;. The number of unbranched alkanes of at least 4 members (excludes halogenated alkanes) is 1. The van der Waals surface area contributed by atoms with Crippen LogP contribution in [-0.4, -0.2) is 98.0 Å². The van der Waals surface area contributed by atoms with E-state index < -0.39 is 18.0 Å². The molecule has 13 heteroatoms. The molecule has 13 nitrogen and oxygen atoms in total. The first-order chi connectivity index (χ1) is 28.2. The van der Waals surface area contributed by atoms with Crippen LogP contribution in [0.2, 0.25) is 0 Å². The average molecular weight is 838 g/mol. The van der Waals surface area contributed by atoms with Gasteiger partial charge in [-0.15, -0.1) is 0 Å². The van der Waals surface area contributed by atoms with Crippen molar-refractivity contribution in [3.05, 3.63) is 12.4 Å². The maximum Gasteiger partial charge on any atom is 0.266 e. The van der Waals surface area contributed by atoms with Crippen LogP contribution in [0, 0.1) is 17.8 Å². The highest BCUT2D eigenvalue weighted by atomic mass is 16.2. The largest absolute Gasteiger partial charge is 0.403 e. The van der Waals surface area contributed by atoms with Gasteiger partial charge >= 0.3 is 0 Å². The Bertz CT molecular complexity index is 1130. The van der Waals surface area contributed by atoms with E-state index >= 15 is 0 Å². The summed E-state index contributed by atoms with van der Waals surface area (Å²) < 4.78 is 0. The van der Waals surface area contributed by atoms with Gasteiger partial charge in [0, 0.05) is 25.0 Å². The lowest BCUT2D eigenvalue weighted by Crippen LogP contribution is -2.54. The van der Waals surface area contributed by atoms with Crippen LogP contribution in [0.1, 0.15) is 173 Å². The fraction of sp³-hybridized carbons (Fsp3) is 0.804. The second-order valence-electron chi connectivity index (χ2n) is 15.3. The van der Waals surface area contributed by atoms with E-state index in [9.17, 15) is 28.8 Å². The van der Waals surface area contributed by atoms with Crippen molar-refractivity contribution in [2.24, 2.45) is 28.5 Å². The van der Waals surface area contributed by atoms with Crippen LogP contribution in [0.25, 0.3) is 0 Å². The summed E-state index contributed by atoms with van der Waals surface area (Å²) in [6.45, 7) is 25.0. The van der Waals surface area contributed by atoms with Crippen molar-refractivity contribution in [1.82, 2.24) is 26.2 Å². The predicted octanol–water partition coefficient (Wildman–Crippen LogP) is 7.31. The zero-order valence-corrected chi connectivity index (χ0v) is 40.1. The average Bonchev–Trinajstić information content (AvgIpc) is 3.99. The molecule has 4 atom stereocenters. The Labute approximate surface area is 361 Å². The third kappa shape index (κ3) is 34.0. The van der Waals surface area contributed by atoms with Gasteiger partial charge in [0.25, 0.3) is 5.91 Å². The number of aldehydes is 2. The van der Waals surface area contributed by atoms with Gasteiger partial charge in [-0.1, -0.05) is 121 Å². The van der Waals surface area contributed by atoms with Crippen molar-refractivity contribution < 1.29 is 28.8 Å². The van der Waals surface area contributed by atoms with Crippen LogP contribution in [0.3, 0.4) is 0 Å². The zero-order chi connectivity index (χ0) is 46.2. The summed E-state index contributed by atoms with van der Waals surface area (Å²) in [6, 6.07) is -0.556. The van der Waals surface area contributed by atoms with Crippen molar-refractivity contribution in [3.63, 3.8) is 0 Å². The highest BCUT2D eigenvalue weighted by Gasteiger charge is 2.33. The lowest BCUT2D eigenvalue weighted by atomic mass is 9.83. The molecule has 3 amide bonds. The minimum atomic E-state index is -0.733. The van der Waals surface area contributed by atoms with Gasteiger partial charge in [0.05, 0.1) is 18.6 Å². The van der Waals surface area contributed by atoms with Crippen LogP contribution >= 0.6 is 0 Å². The Kier molecular flexibility index (Phi) is 45.0. The van der Waals surface area contributed by atoms with Crippen molar-refractivity contribution in [1.29, 1.82) is 0 Å². The van der Waals surface area contributed by atoms with Gasteiger partial charge < -0.3 is 36.7 Å². The van der Waals surface area contributed by atoms with E-state index in [0.717, 1.165) is 76.0 Å². The van der Waals surface area contributed by atoms with Crippen LogP contribution < -0.4 is 27.0 Å². The molecule has 3 rings (SSSR count). The van der Waals surface area contributed by atoms with Crippen LogP contribution in [0.15, 0.2) is 17.4 Å². The number of ketones is 1. The summed E-state index contributed by atoms with van der Waals surface area (Å²) in [6.07, 6.45) is 18.3. The molecule has 0 bridgehead atoms. The Hall–Kier alpha value is -3.45. The minimum Gasteiger partial charge on any atom is -0.403 e. The first kappa shape index (κ1) is 62.2. The summed E-state index contributed by atoms with van der Waals surface area (Å²) in [7, 11) is 3.72. The van der Waals surface area contributed by atoms with E-state index in [4.69, 9.17) is 5.73 Å². The molecule has 6 N–H and O–H groups in total. The molecule has 59 heavy (non-hydrogen) atoms. The number of Topliss-reactive ketones (excluding diaryl/α,β-unsaturated/α-hetero) is 1. The number of nitrogens with two attached hydrogens (primary N) is 1. The third-order valence-electron chi connectivity index (χ3n) is 9.28. The number of nitrogens with zero attached hydrogens (tertiary/aromatic N) is 2. The number of rotatable bonds is 17. The van der Waals surface area contributed by atoms with Gasteiger partial charge in [-0.2, -0.15) is 0 Å². The Balaban J connectivity index is -0.000000412. The van der Waals surface area contributed by atoms with Crippen LogP contribution in [-0.2, 0) is 28.8 Å². The van der Waals surface area contributed by atoms with E-state index in [2.05, 4.69) is 74.7 Å². The van der Waals surface area contributed by atoms with Crippen LogP contribution in [0.4, 0.5) is 0 Å². The number of aliphatic imine (C=N–C) groups is 1.